The second-order valence-corrected chi connectivity index (χ2v) is 4.35. The first-order chi connectivity index (χ1) is 8.25. The Morgan fingerprint density at radius 2 is 2.29 bits per heavy atom. The molecule has 0 bridgehead atoms. The molecule has 0 saturated heterocycles. The van der Waals surface area contributed by atoms with Crippen LogP contribution in [0.2, 0.25) is 0 Å². The van der Waals surface area contributed by atoms with Crippen molar-refractivity contribution in [2.75, 3.05) is 6.61 Å². The minimum Gasteiger partial charge on any atom is -0.493 e. The molecule has 4 nitrogen and oxygen atoms in total. The maximum atomic E-state index is 10.3. The number of aryl methyl sites for hydroxylation is 1. The van der Waals surface area contributed by atoms with Gasteiger partial charge in [-0.2, -0.15) is 5.10 Å². The summed E-state index contributed by atoms with van der Waals surface area (Å²) in [5, 5.41) is 14.4. The lowest BCUT2D eigenvalue weighted by atomic mass is 9.92. The first-order valence-corrected chi connectivity index (χ1v) is 5.64. The summed E-state index contributed by atoms with van der Waals surface area (Å²) < 4.78 is 7.27. The molecule has 1 aromatic heterocycles. The van der Waals surface area contributed by atoms with Gasteiger partial charge in [-0.3, -0.25) is 4.68 Å². The Hall–Kier alpha value is -1.81. The Morgan fingerprint density at radius 1 is 1.47 bits per heavy atom. The minimum atomic E-state index is -0.563. The molecule has 0 saturated carbocycles. The van der Waals surface area contributed by atoms with Gasteiger partial charge in [-0.25, -0.2) is 0 Å². The molecule has 1 aliphatic heterocycles. The number of hydrogen-bond donors (Lipinski definition) is 1. The van der Waals surface area contributed by atoms with Crippen LogP contribution in [0.1, 0.15) is 23.1 Å². The molecule has 1 N–H and O–H groups in total. The van der Waals surface area contributed by atoms with Gasteiger partial charge in [0, 0.05) is 24.4 Å². The van der Waals surface area contributed by atoms with Gasteiger partial charge in [0.25, 0.3) is 0 Å². The van der Waals surface area contributed by atoms with E-state index in [9.17, 15) is 5.11 Å². The van der Waals surface area contributed by atoms with Crippen LogP contribution in [-0.2, 0) is 7.05 Å². The van der Waals surface area contributed by atoms with E-state index >= 15 is 0 Å². The summed E-state index contributed by atoms with van der Waals surface area (Å²) in [6.07, 6.45) is 2.98. The molecular weight excluding hydrogens is 216 g/mol. The molecule has 1 aromatic carbocycles. The maximum absolute atomic E-state index is 10.3. The van der Waals surface area contributed by atoms with E-state index in [0.717, 1.165) is 16.9 Å². The molecule has 0 aliphatic carbocycles. The van der Waals surface area contributed by atoms with Gasteiger partial charge in [-0.1, -0.05) is 18.2 Å². The van der Waals surface area contributed by atoms with Crippen molar-refractivity contribution in [2.45, 2.75) is 12.0 Å². The Balaban J connectivity index is 1.92. The fourth-order valence-electron chi connectivity index (χ4n) is 2.27. The van der Waals surface area contributed by atoms with Gasteiger partial charge in [-0.05, 0) is 6.07 Å². The number of para-hydroxylation sites is 1. The van der Waals surface area contributed by atoms with Gasteiger partial charge in [-0.15, -0.1) is 0 Å². The maximum Gasteiger partial charge on any atom is 0.123 e. The van der Waals surface area contributed by atoms with Crippen molar-refractivity contribution in [2.24, 2.45) is 7.05 Å². The van der Waals surface area contributed by atoms with E-state index in [1.54, 1.807) is 10.9 Å². The Bertz CT molecular complexity index is 536. The highest BCUT2D eigenvalue weighted by molar-refractivity contribution is 5.41. The third-order valence-corrected chi connectivity index (χ3v) is 3.18. The van der Waals surface area contributed by atoms with Crippen molar-refractivity contribution in [1.82, 2.24) is 9.78 Å². The lowest BCUT2D eigenvalue weighted by Gasteiger charge is -2.15. The zero-order valence-corrected chi connectivity index (χ0v) is 9.58. The smallest absolute Gasteiger partial charge is 0.123 e. The highest BCUT2D eigenvalue weighted by Crippen LogP contribution is 2.40. The van der Waals surface area contributed by atoms with Crippen LogP contribution < -0.4 is 4.74 Å². The summed E-state index contributed by atoms with van der Waals surface area (Å²) in [5.74, 6) is 0.871. The molecule has 0 amide bonds. The average Bonchev–Trinajstić information content (AvgIpc) is 2.94. The number of rotatable bonds is 2. The highest BCUT2D eigenvalue weighted by Gasteiger charge is 2.31. The Labute approximate surface area is 99.5 Å². The fraction of sp³-hybridized carbons (Fsp3) is 0.308. The molecule has 0 spiro atoms. The van der Waals surface area contributed by atoms with Crippen LogP contribution in [0.5, 0.6) is 5.75 Å². The third kappa shape index (κ3) is 1.70. The molecule has 1 aliphatic rings. The molecule has 2 heterocycles. The molecule has 4 heteroatoms. The van der Waals surface area contributed by atoms with Crippen molar-refractivity contribution in [3.8, 4) is 5.75 Å². The molecule has 2 unspecified atom stereocenters. The lowest BCUT2D eigenvalue weighted by molar-refractivity contribution is 0.130. The average molecular weight is 230 g/mol. The quantitative estimate of drug-likeness (QED) is 0.853. The number of hydrogen-bond acceptors (Lipinski definition) is 3. The summed E-state index contributed by atoms with van der Waals surface area (Å²) >= 11 is 0. The summed E-state index contributed by atoms with van der Waals surface area (Å²) in [6, 6.07) is 7.85. The monoisotopic (exact) mass is 230 g/mol. The summed E-state index contributed by atoms with van der Waals surface area (Å²) in [7, 11) is 1.84. The molecule has 0 radical (unpaired) electrons. The first kappa shape index (κ1) is 10.4. The topological polar surface area (TPSA) is 47.3 Å². The van der Waals surface area contributed by atoms with Crippen molar-refractivity contribution in [3.63, 3.8) is 0 Å². The van der Waals surface area contributed by atoms with Gasteiger partial charge in [0.15, 0.2) is 0 Å². The van der Waals surface area contributed by atoms with E-state index in [0.29, 0.717) is 6.61 Å². The van der Waals surface area contributed by atoms with Crippen LogP contribution in [0, 0.1) is 0 Å². The fourth-order valence-corrected chi connectivity index (χ4v) is 2.27. The predicted molar refractivity (Wildman–Crippen MR) is 62.8 cm³/mol. The number of nitrogens with zero attached hydrogens (tertiary/aromatic N) is 2. The zero-order chi connectivity index (χ0) is 11.8. The molecular formula is C13H14N2O2. The minimum absolute atomic E-state index is 0.00426. The number of fused-ring (bicyclic) bond motifs is 1. The number of ether oxygens (including phenoxy) is 1. The van der Waals surface area contributed by atoms with Crippen molar-refractivity contribution in [1.29, 1.82) is 0 Å². The summed E-state index contributed by atoms with van der Waals surface area (Å²) in [5.41, 5.74) is 1.90. The Morgan fingerprint density at radius 3 is 3.06 bits per heavy atom. The zero-order valence-electron chi connectivity index (χ0n) is 9.58. The van der Waals surface area contributed by atoms with Crippen LogP contribution >= 0.6 is 0 Å². The largest absolute Gasteiger partial charge is 0.493 e. The normalized spacial score (nSPS) is 19.8. The number of aliphatic hydroxyl groups excluding tert-OH is 1. The SMILES string of the molecule is Cn1cc(C(O)C2COc3ccccc32)cn1. The predicted octanol–water partition coefficient (Wildman–Crippen LogP) is 1.63. The number of aliphatic hydroxyl groups is 1. The van der Waals surface area contributed by atoms with Crippen LogP contribution in [0.3, 0.4) is 0 Å². The van der Waals surface area contributed by atoms with Crippen molar-refractivity contribution in [3.05, 3.63) is 47.8 Å². The Kier molecular flexibility index (Phi) is 2.37. The second-order valence-electron chi connectivity index (χ2n) is 4.35. The van der Waals surface area contributed by atoms with Gasteiger partial charge >= 0.3 is 0 Å². The van der Waals surface area contributed by atoms with Crippen LogP contribution in [-0.4, -0.2) is 21.5 Å². The lowest BCUT2D eigenvalue weighted by Crippen LogP contribution is -2.11. The van der Waals surface area contributed by atoms with Crippen LogP contribution in [0.4, 0.5) is 0 Å². The standard InChI is InChI=1S/C13H14N2O2/c1-15-7-9(6-14-15)13(16)11-8-17-12-5-3-2-4-10(11)12/h2-7,11,13,16H,8H2,1H3. The summed E-state index contributed by atoms with van der Waals surface area (Å²) in [4.78, 5) is 0. The third-order valence-electron chi connectivity index (χ3n) is 3.18. The van der Waals surface area contributed by atoms with Gasteiger partial charge in [0.05, 0.1) is 24.8 Å². The van der Waals surface area contributed by atoms with Gasteiger partial charge in [0.2, 0.25) is 0 Å². The molecule has 3 rings (SSSR count). The van der Waals surface area contributed by atoms with Crippen molar-refractivity contribution >= 4 is 0 Å². The van der Waals surface area contributed by atoms with E-state index < -0.39 is 6.10 Å². The van der Waals surface area contributed by atoms with Gasteiger partial charge < -0.3 is 9.84 Å². The molecule has 17 heavy (non-hydrogen) atoms. The van der Waals surface area contributed by atoms with E-state index in [1.807, 2.05) is 37.5 Å². The van der Waals surface area contributed by atoms with E-state index in [2.05, 4.69) is 5.10 Å². The summed E-state index contributed by atoms with van der Waals surface area (Å²) in [6.45, 7) is 0.523. The van der Waals surface area contributed by atoms with E-state index in [1.165, 1.54) is 0 Å². The molecule has 2 atom stereocenters. The molecule has 2 aromatic rings. The number of aromatic nitrogens is 2. The van der Waals surface area contributed by atoms with E-state index in [-0.39, 0.29) is 5.92 Å². The van der Waals surface area contributed by atoms with Crippen molar-refractivity contribution < 1.29 is 9.84 Å². The first-order valence-electron chi connectivity index (χ1n) is 5.64. The van der Waals surface area contributed by atoms with Gasteiger partial charge in [0.1, 0.15) is 5.75 Å². The second kappa shape index (κ2) is 3.89. The molecule has 88 valence electrons. The van der Waals surface area contributed by atoms with Crippen LogP contribution in [0.25, 0.3) is 0 Å². The van der Waals surface area contributed by atoms with Crippen LogP contribution in [0.15, 0.2) is 36.7 Å². The highest BCUT2D eigenvalue weighted by atomic mass is 16.5. The molecule has 0 fully saturated rings. The van der Waals surface area contributed by atoms with E-state index in [4.69, 9.17) is 4.74 Å². The number of benzene rings is 1.